The van der Waals surface area contributed by atoms with Gasteiger partial charge < -0.3 is 14.2 Å². The van der Waals surface area contributed by atoms with E-state index in [4.69, 9.17) is 25.8 Å². The smallest absolute Gasteiger partial charge is 0.271 e. The van der Waals surface area contributed by atoms with Crippen molar-refractivity contribution in [1.29, 1.82) is 0 Å². The molecular weight excluding hydrogens is 414 g/mol. The quantitative estimate of drug-likeness (QED) is 0.477. The molecule has 1 heterocycles. The zero-order valence-electron chi connectivity index (χ0n) is 17.9. The summed E-state index contributed by atoms with van der Waals surface area (Å²) in [7, 11) is 3.19. The van der Waals surface area contributed by atoms with Gasteiger partial charge in [0.1, 0.15) is 11.8 Å². The molecule has 0 aromatic heterocycles. The van der Waals surface area contributed by atoms with Gasteiger partial charge in [-0.2, -0.15) is 0 Å². The predicted octanol–water partition coefficient (Wildman–Crippen LogP) is 5.51. The van der Waals surface area contributed by atoms with Crippen LogP contribution < -0.4 is 19.1 Å². The summed E-state index contributed by atoms with van der Waals surface area (Å²) in [5.74, 6) is 1.73. The molecule has 0 unspecified atom stereocenters. The second-order valence-corrected chi connectivity index (χ2v) is 7.99. The summed E-state index contributed by atoms with van der Waals surface area (Å²) in [6.45, 7) is 4.02. The number of anilines is 1. The fraction of sp³-hybridized carbons (Fsp3) is 0.240. The monoisotopic (exact) mass is 437 g/mol. The number of halogens is 1. The van der Waals surface area contributed by atoms with Crippen molar-refractivity contribution in [3.8, 4) is 17.2 Å². The maximum Gasteiger partial charge on any atom is 0.271 e. The van der Waals surface area contributed by atoms with E-state index in [0.717, 1.165) is 22.4 Å². The number of β-lactam (4-membered cyclic amide) rings is 1. The van der Waals surface area contributed by atoms with E-state index in [-0.39, 0.29) is 11.9 Å². The van der Waals surface area contributed by atoms with Gasteiger partial charge in [-0.3, -0.25) is 9.69 Å². The molecule has 1 saturated heterocycles. The summed E-state index contributed by atoms with van der Waals surface area (Å²) in [5, 5.41) is 0.612. The van der Waals surface area contributed by atoms with Crippen molar-refractivity contribution in [1.82, 2.24) is 0 Å². The minimum Gasteiger partial charge on any atom is -0.493 e. The van der Waals surface area contributed by atoms with Gasteiger partial charge in [-0.25, -0.2) is 0 Å². The van der Waals surface area contributed by atoms with Crippen LogP contribution in [0.4, 0.5) is 5.69 Å². The molecule has 1 amide bonds. The lowest BCUT2D eigenvalue weighted by molar-refractivity contribution is -0.135. The third kappa shape index (κ3) is 3.93. The van der Waals surface area contributed by atoms with Gasteiger partial charge in [-0.05, 0) is 73.0 Å². The molecule has 3 aromatic carbocycles. The van der Waals surface area contributed by atoms with Crippen LogP contribution in [0.1, 0.15) is 22.7 Å². The Kier molecular flexibility index (Phi) is 5.79. The predicted molar refractivity (Wildman–Crippen MR) is 122 cm³/mol. The van der Waals surface area contributed by atoms with E-state index >= 15 is 0 Å². The number of rotatable bonds is 6. The highest BCUT2D eigenvalue weighted by molar-refractivity contribution is 6.30. The van der Waals surface area contributed by atoms with Crippen molar-refractivity contribution in [3.63, 3.8) is 0 Å². The fourth-order valence-electron chi connectivity index (χ4n) is 3.85. The van der Waals surface area contributed by atoms with Gasteiger partial charge in [0.25, 0.3) is 5.91 Å². The van der Waals surface area contributed by atoms with Crippen LogP contribution in [0.3, 0.4) is 0 Å². The van der Waals surface area contributed by atoms with E-state index in [1.165, 1.54) is 0 Å². The number of methoxy groups -OCH3 is 2. The SMILES string of the molecule is COc1ccc([C@@H]2[C@@H](Oc3ccc(Cl)cc3)C(=O)N2c2cc(C)ccc2C)cc1OC. The summed E-state index contributed by atoms with van der Waals surface area (Å²) < 4.78 is 17.0. The third-order valence-electron chi connectivity index (χ3n) is 5.50. The van der Waals surface area contributed by atoms with Gasteiger partial charge in [0.05, 0.1) is 14.2 Å². The molecule has 0 spiro atoms. The van der Waals surface area contributed by atoms with Crippen molar-refractivity contribution in [2.24, 2.45) is 0 Å². The third-order valence-corrected chi connectivity index (χ3v) is 5.75. The van der Waals surface area contributed by atoms with Crippen LogP contribution in [0, 0.1) is 13.8 Å². The summed E-state index contributed by atoms with van der Waals surface area (Å²) >= 11 is 5.99. The molecule has 0 radical (unpaired) electrons. The number of benzene rings is 3. The molecule has 3 aromatic rings. The topological polar surface area (TPSA) is 48.0 Å². The Balaban J connectivity index is 1.76. The van der Waals surface area contributed by atoms with E-state index in [1.807, 2.05) is 50.2 Å². The normalized spacial score (nSPS) is 17.8. The first-order chi connectivity index (χ1) is 14.9. The molecule has 5 nitrogen and oxygen atoms in total. The van der Waals surface area contributed by atoms with Crippen LogP contribution >= 0.6 is 11.6 Å². The highest BCUT2D eigenvalue weighted by Crippen LogP contribution is 2.44. The molecule has 0 bridgehead atoms. The molecule has 4 rings (SSSR count). The van der Waals surface area contributed by atoms with Gasteiger partial charge in [0.2, 0.25) is 6.10 Å². The maximum atomic E-state index is 13.3. The number of carbonyl (C=O) groups excluding carboxylic acids is 1. The number of aryl methyl sites for hydroxylation is 2. The largest absolute Gasteiger partial charge is 0.493 e. The summed E-state index contributed by atoms with van der Waals surface area (Å²) in [6.07, 6.45) is -0.667. The minimum absolute atomic E-state index is 0.0940. The van der Waals surface area contributed by atoms with Crippen molar-refractivity contribution in [2.75, 3.05) is 19.1 Å². The molecular formula is C25H24ClNO4. The van der Waals surface area contributed by atoms with Crippen molar-refractivity contribution < 1.29 is 19.0 Å². The van der Waals surface area contributed by atoms with Crippen LogP contribution in [0.5, 0.6) is 17.2 Å². The van der Waals surface area contributed by atoms with Crippen LogP contribution in [0.15, 0.2) is 60.7 Å². The van der Waals surface area contributed by atoms with Gasteiger partial charge in [-0.1, -0.05) is 29.8 Å². The van der Waals surface area contributed by atoms with Crippen LogP contribution in [0.2, 0.25) is 5.02 Å². The molecule has 1 fully saturated rings. The number of nitrogens with zero attached hydrogens (tertiary/aromatic N) is 1. The average Bonchev–Trinajstić information content (AvgIpc) is 2.78. The number of hydrogen-bond donors (Lipinski definition) is 0. The molecule has 0 saturated carbocycles. The van der Waals surface area contributed by atoms with E-state index in [9.17, 15) is 4.79 Å². The molecule has 1 aliphatic rings. The van der Waals surface area contributed by atoms with E-state index in [1.54, 1.807) is 43.4 Å². The second kappa shape index (κ2) is 8.52. The van der Waals surface area contributed by atoms with Gasteiger partial charge in [0, 0.05) is 10.7 Å². The van der Waals surface area contributed by atoms with Gasteiger partial charge in [-0.15, -0.1) is 0 Å². The van der Waals surface area contributed by atoms with Crippen molar-refractivity contribution >= 4 is 23.2 Å². The Labute approximate surface area is 187 Å². The lowest BCUT2D eigenvalue weighted by Crippen LogP contribution is -2.61. The standard InChI is InChI=1S/C25H24ClNO4/c1-15-5-6-16(2)20(13-15)27-23(17-7-12-21(29-3)22(14-17)30-4)24(25(27)28)31-19-10-8-18(26)9-11-19/h5-14,23-24H,1-4H3/t23-,24-/m1/s1. The maximum absolute atomic E-state index is 13.3. The van der Waals surface area contributed by atoms with Crippen molar-refractivity contribution in [2.45, 2.75) is 26.0 Å². The molecule has 2 atom stereocenters. The lowest BCUT2D eigenvalue weighted by Gasteiger charge is -2.47. The summed E-state index contributed by atoms with van der Waals surface area (Å²) in [4.78, 5) is 15.1. The number of amides is 1. The fourth-order valence-corrected chi connectivity index (χ4v) is 3.97. The molecule has 0 aliphatic carbocycles. The van der Waals surface area contributed by atoms with Gasteiger partial charge >= 0.3 is 0 Å². The second-order valence-electron chi connectivity index (χ2n) is 7.55. The molecule has 6 heteroatoms. The van der Waals surface area contributed by atoms with E-state index < -0.39 is 6.10 Å². The number of ether oxygens (including phenoxy) is 3. The first kappa shape index (κ1) is 21.1. The van der Waals surface area contributed by atoms with E-state index in [2.05, 4.69) is 0 Å². The van der Waals surface area contributed by atoms with Crippen LogP contribution in [0.25, 0.3) is 0 Å². The number of hydrogen-bond acceptors (Lipinski definition) is 4. The lowest BCUT2D eigenvalue weighted by atomic mass is 9.88. The van der Waals surface area contributed by atoms with Crippen LogP contribution in [-0.4, -0.2) is 26.2 Å². The zero-order chi connectivity index (χ0) is 22.1. The highest BCUT2D eigenvalue weighted by Gasteiger charge is 2.51. The summed E-state index contributed by atoms with van der Waals surface area (Å²) in [5.41, 5.74) is 3.88. The van der Waals surface area contributed by atoms with E-state index in [0.29, 0.717) is 22.3 Å². The Morgan fingerprint density at radius 3 is 2.26 bits per heavy atom. The first-order valence-corrected chi connectivity index (χ1v) is 10.3. The number of carbonyl (C=O) groups is 1. The molecule has 160 valence electrons. The highest BCUT2D eigenvalue weighted by atomic mass is 35.5. The molecule has 31 heavy (non-hydrogen) atoms. The van der Waals surface area contributed by atoms with Crippen LogP contribution in [-0.2, 0) is 4.79 Å². The first-order valence-electron chi connectivity index (χ1n) is 9.97. The Bertz CT molecular complexity index is 1110. The van der Waals surface area contributed by atoms with Crippen molar-refractivity contribution in [3.05, 3.63) is 82.4 Å². The van der Waals surface area contributed by atoms with Gasteiger partial charge in [0.15, 0.2) is 11.5 Å². The summed E-state index contributed by atoms with van der Waals surface area (Å²) in [6, 6.07) is 18.5. The average molecular weight is 438 g/mol. The Morgan fingerprint density at radius 1 is 0.871 bits per heavy atom. The zero-order valence-corrected chi connectivity index (χ0v) is 18.6. The Morgan fingerprint density at radius 2 is 1.58 bits per heavy atom. The Hall–Kier alpha value is -3.18. The molecule has 0 N–H and O–H groups in total. The minimum atomic E-state index is -0.667. The molecule has 1 aliphatic heterocycles.